The predicted octanol–water partition coefficient (Wildman–Crippen LogP) is 10.4. The minimum absolute atomic E-state index is 0.122. The first-order valence-electron chi connectivity index (χ1n) is 20.1. The van der Waals surface area contributed by atoms with Crippen LogP contribution in [0, 0.1) is 6.92 Å². The van der Waals surface area contributed by atoms with Crippen LogP contribution in [0.5, 0.6) is 0 Å². The Bertz CT molecular complexity index is 2490. The van der Waals surface area contributed by atoms with Crippen LogP contribution >= 0.6 is 0 Å². The summed E-state index contributed by atoms with van der Waals surface area (Å²) < 4.78 is 8.40. The maximum atomic E-state index is 15.4. The summed E-state index contributed by atoms with van der Waals surface area (Å²) in [6.45, 7) is 10.2. The minimum atomic E-state index is -1.35. The molecule has 0 bridgehead atoms. The molecule has 5 heterocycles. The van der Waals surface area contributed by atoms with Gasteiger partial charge in [0.25, 0.3) is 5.91 Å². The van der Waals surface area contributed by atoms with Crippen molar-refractivity contribution in [3.63, 3.8) is 0 Å². The molecule has 10 heteroatoms. The second-order valence-corrected chi connectivity index (χ2v) is 21.8. The number of hydrogen-bond acceptors (Lipinski definition) is 7. The molecule has 5 aromatic heterocycles. The molecule has 0 fully saturated rings. The zero-order valence-electron chi connectivity index (χ0n) is 33.7. The summed E-state index contributed by atoms with van der Waals surface area (Å²) in [6.07, 6.45) is 8.14. The van der Waals surface area contributed by atoms with E-state index < -0.39 is 8.07 Å². The molecule has 7 aromatic rings. The van der Waals surface area contributed by atoms with Gasteiger partial charge in [-0.25, -0.2) is 9.98 Å². The number of fused-ring (bicyclic) bond motifs is 2. The quantitative estimate of drug-likeness (QED) is 0.0656. The molecule has 9 nitrogen and oxygen atoms in total. The van der Waals surface area contributed by atoms with Crippen LogP contribution in [-0.2, 0) is 24.4 Å². The first-order valence-corrected chi connectivity index (χ1v) is 23.8. The lowest BCUT2D eigenvalue weighted by molar-refractivity contribution is 0.0575. The number of aryl methyl sites for hydroxylation is 2. The molecule has 0 saturated heterocycles. The van der Waals surface area contributed by atoms with Crippen LogP contribution in [0.15, 0.2) is 139 Å². The van der Waals surface area contributed by atoms with E-state index in [1.807, 2.05) is 108 Å². The SMILES string of the molecule is Cc1cc2c(cc(C(=O)N(Cc3ccc(-c4ccccn4)cn3)C3CCCc4cccnc43)n2COCC[Si](C)(C)C)nc1N=C(c1ccccc1)c1ccccc1. The van der Waals surface area contributed by atoms with Crippen LogP contribution in [0.1, 0.15) is 63.0 Å². The number of benzene rings is 2. The zero-order valence-corrected chi connectivity index (χ0v) is 34.7. The first-order chi connectivity index (χ1) is 28.2. The van der Waals surface area contributed by atoms with Crippen molar-refractivity contribution in [2.24, 2.45) is 4.99 Å². The largest absolute Gasteiger partial charge is 0.361 e. The lowest BCUT2D eigenvalue weighted by atomic mass is 9.90. The van der Waals surface area contributed by atoms with Crippen LogP contribution in [0.2, 0.25) is 25.7 Å². The van der Waals surface area contributed by atoms with E-state index >= 15 is 4.79 Å². The highest BCUT2D eigenvalue weighted by atomic mass is 28.3. The number of carbonyl (C=O) groups is 1. The van der Waals surface area contributed by atoms with Crippen molar-refractivity contribution in [3.8, 4) is 11.3 Å². The fourth-order valence-electron chi connectivity index (χ4n) is 7.56. The summed E-state index contributed by atoms with van der Waals surface area (Å²) >= 11 is 0. The molecule has 2 aromatic carbocycles. The summed E-state index contributed by atoms with van der Waals surface area (Å²) in [7, 11) is -1.35. The van der Waals surface area contributed by atoms with E-state index in [9.17, 15) is 0 Å². The Morgan fingerprint density at radius 1 is 0.862 bits per heavy atom. The van der Waals surface area contributed by atoms with Gasteiger partial charge in [0.2, 0.25) is 0 Å². The molecular formula is C48H49N7O2Si. The Balaban J connectivity index is 1.22. The molecule has 1 atom stereocenters. The van der Waals surface area contributed by atoms with E-state index in [1.165, 1.54) is 5.56 Å². The summed E-state index contributed by atoms with van der Waals surface area (Å²) in [5.41, 5.74) is 10.4. The van der Waals surface area contributed by atoms with Gasteiger partial charge in [-0.05, 0) is 85.8 Å². The maximum Gasteiger partial charge on any atom is 0.271 e. The van der Waals surface area contributed by atoms with Crippen LogP contribution in [0.3, 0.4) is 0 Å². The van der Waals surface area contributed by atoms with Gasteiger partial charge in [-0.1, -0.05) is 92.4 Å². The average molecular weight is 784 g/mol. The van der Waals surface area contributed by atoms with E-state index in [0.29, 0.717) is 30.2 Å². The molecular weight excluding hydrogens is 735 g/mol. The zero-order chi connectivity index (χ0) is 40.1. The van der Waals surface area contributed by atoms with Crippen LogP contribution in [0.25, 0.3) is 22.3 Å². The standard InChI is InChI=1S/C48H49N7O2Si/c1-34-29-43-41(52-47(34)53-45(35-15-7-5-8-16-35)36-17-9-6-10-18-36)30-44(55(43)33-57-27-28-58(2,3)4)48(56)54(42-22-13-19-37-20-14-26-50-46(37)42)32-39-24-23-38(31-51-39)40-21-11-12-25-49-40/h5-12,14-18,20-21,23-26,29-31,42H,13,19,22,27-28,32-33H2,1-4H3. The lowest BCUT2D eigenvalue weighted by Gasteiger charge is -2.35. The van der Waals surface area contributed by atoms with Gasteiger partial charge in [0.1, 0.15) is 12.4 Å². The first kappa shape index (κ1) is 38.8. The molecule has 0 radical (unpaired) electrons. The van der Waals surface area contributed by atoms with E-state index in [2.05, 4.69) is 61.0 Å². The number of carbonyl (C=O) groups excluding carboxylic acids is 1. The van der Waals surface area contributed by atoms with Crippen molar-refractivity contribution >= 4 is 36.5 Å². The highest BCUT2D eigenvalue weighted by molar-refractivity contribution is 6.76. The molecule has 1 unspecified atom stereocenters. The molecule has 1 aliphatic carbocycles. The van der Waals surface area contributed by atoms with Gasteiger partial charge >= 0.3 is 0 Å². The molecule has 0 aliphatic heterocycles. The normalized spacial score (nSPS) is 13.9. The van der Waals surface area contributed by atoms with Crippen molar-refractivity contribution in [1.82, 2.24) is 29.4 Å². The Morgan fingerprint density at radius 2 is 1.60 bits per heavy atom. The van der Waals surface area contributed by atoms with E-state index in [0.717, 1.165) is 75.9 Å². The highest BCUT2D eigenvalue weighted by Crippen LogP contribution is 2.36. The molecule has 0 saturated carbocycles. The number of aromatic nitrogens is 5. The molecule has 1 amide bonds. The summed E-state index contributed by atoms with van der Waals surface area (Å²) in [5.74, 6) is 0.480. The third-order valence-electron chi connectivity index (χ3n) is 10.7. The number of hydrogen-bond donors (Lipinski definition) is 0. The Labute approximate surface area is 341 Å². The van der Waals surface area contributed by atoms with E-state index in [-0.39, 0.29) is 18.7 Å². The third kappa shape index (κ3) is 8.73. The topological polar surface area (TPSA) is 98.4 Å². The van der Waals surface area contributed by atoms with Crippen LogP contribution in [0.4, 0.5) is 5.82 Å². The molecule has 58 heavy (non-hydrogen) atoms. The van der Waals surface area contributed by atoms with Crippen LogP contribution in [-0.4, -0.2) is 55.7 Å². The summed E-state index contributed by atoms with van der Waals surface area (Å²) in [6, 6.07) is 39.1. The van der Waals surface area contributed by atoms with Crippen molar-refractivity contribution in [3.05, 3.63) is 173 Å². The number of pyridine rings is 4. The van der Waals surface area contributed by atoms with Gasteiger partial charge in [-0.3, -0.25) is 19.7 Å². The number of rotatable bonds is 13. The fraction of sp³-hybridized carbons (Fsp3) is 0.250. The molecule has 8 rings (SSSR count). The monoisotopic (exact) mass is 783 g/mol. The summed E-state index contributed by atoms with van der Waals surface area (Å²) in [5, 5.41) is 0. The second-order valence-electron chi connectivity index (χ2n) is 16.2. The Morgan fingerprint density at radius 3 is 2.29 bits per heavy atom. The van der Waals surface area contributed by atoms with Gasteiger partial charge in [-0.2, -0.15) is 0 Å². The van der Waals surface area contributed by atoms with Gasteiger partial charge in [0.15, 0.2) is 5.82 Å². The molecule has 0 spiro atoms. The molecule has 0 N–H and O–H groups in total. The maximum absolute atomic E-state index is 15.4. The molecule has 292 valence electrons. The number of amides is 1. The fourth-order valence-corrected chi connectivity index (χ4v) is 8.31. The van der Waals surface area contributed by atoms with Gasteiger partial charge in [0, 0.05) is 50.0 Å². The van der Waals surface area contributed by atoms with Crippen molar-refractivity contribution < 1.29 is 9.53 Å². The number of nitrogens with zero attached hydrogens (tertiary/aromatic N) is 7. The van der Waals surface area contributed by atoms with Gasteiger partial charge < -0.3 is 14.2 Å². The average Bonchev–Trinajstić information content (AvgIpc) is 3.60. The number of ether oxygens (including phenoxy) is 1. The second kappa shape index (κ2) is 17.2. The predicted molar refractivity (Wildman–Crippen MR) is 234 cm³/mol. The van der Waals surface area contributed by atoms with Crippen molar-refractivity contribution in [2.75, 3.05) is 6.61 Å². The number of aliphatic imine (C=N–C) groups is 1. The van der Waals surface area contributed by atoms with Gasteiger partial charge in [-0.15, -0.1) is 0 Å². The van der Waals surface area contributed by atoms with Gasteiger partial charge in [0.05, 0.1) is 46.4 Å². The smallest absolute Gasteiger partial charge is 0.271 e. The Kier molecular flexibility index (Phi) is 11.5. The summed E-state index contributed by atoms with van der Waals surface area (Å²) in [4.78, 5) is 41.9. The van der Waals surface area contributed by atoms with E-state index in [1.54, 1.807) is 6.20 Å². The molecule has 1 aliphatic rings. The lowest BCUT2D eigenvalue weighted by Crippen LogP contribution is -2.38. The van der Waals surface area contributed by atoms with Crippen molar-refractivity contribution in [2.45, 2.75) is 71.2 Å². The van der Waals surface area contributed by atoms with Crippen molar-refractivity contribution in [1.29, 1.82) is 0 Å². The Hall–Kier alpha value is -6.10. The van der Waals surface area contributed by atoms with E-state index in [4.69, 9.17) is 24.7 Å². The minimum Gasteiger partial charge on any atom is -0.361 e. The van der Waals surface area contributed by atoms with Crippen LogP contribution < -0.4 is 0 Å². The third-order valence-corrected chi connectivity index (χ3v) is 12.4. The highest BCUT2D eigenvalue weighted by Gasteiger charge is 2.33.